The Balaban J connectivity index is 0.00000420. The first-order chi connectivity index (χ1) is 13.5. The Hall–Kier alpha value is -2.48. The molecule has 158 valence electrons. The topological polar surface area (TPSA) is 95.1 Å². The van der Waals surface area contributed by atoms with E-state index in [4.69, 9.17) is 11.2 Å². The van der Waals surface area contributed by atoms with Gasteiger partial charge in [-0.15, -0.1) is 30.4 Å². The van der Waals surface area contributed by atoms with Gasteiger partial charge >= 0.3 is 6.09 Å². The Bertz CT molecular complexity index is 755. The molecule has 0 spiro atoms. The molecule has 2 rings (SSSR count). The zero-order valence-corrected chi connectivity index (χ0v) is 19.1. The smallest absolute Gasteiger partial charge is 0.409 e. The number of amides is 2. The zero-order chi connectivity index (χ0) is 20.4. The first-order valence-electron chi connectivity index (χ1n) is 9.31. The summed E-state index contributed by atoms with van der Waals surface area (Å²) in [6.45, 7) is 3.49. The summed E-state index contributed by atoms with van der Waals surface area (Å²) in [4.78, 5) is 29.7. The van der Waals surface area contributed by atoms with Gasteiger partial charge in [-0.05, 0) is 38.0 Å². The fourth-order valence-electron chi connectivity index (χ4n) is 2.87. The van der Waals surface area contributed by atoms with E-state index in [-0.39, 0.29) is 48.6 Å². The predicted molar refractivity (Wildman–Crippen MR) is 125 cm³/mol. The van der Waals surface area contributed by atoms with Gasteiger partial charge in [-0.25, -0.2) is 4.79 Å². The molecule has 0 unspecified atom stereocenters. The van der Waals surface area contributed by atoms with Gasteiger partial charge in [0, 0.05) is 37.4 Å². The third-order valence-corrected chi connectivity index (χ3v) is 4.31. The van der Waals surface area contributed by atoms with Crippen LogP contribution in [0.15, 0.2) is 29.3 Å². The SMILES string of the molecule is C#Cc1cccc(NC(=O)CNC(=NC)NC2CCN(C(=O)OCC)CC2)c1.I. The van der Waals surface area contributed by atoms with Crippen LogP contribution in [-0.4, -0.2) is 62.2 Å². The summed E-state index contributed by atoms with van der Waals surface area (Å²) in [5.41, 5.74) is 1.36. The van der Waals surface area contributed by atoms with Crippen molar-refractivity contribution in [1.29, 1.82) is 0 Å². The second kappa shape index (κ2) is 12.9. The monoisotopic (exact) mass is 513 g/mol. The molecular formula is C20H28IN5O3. The highest BCUT2D eigenvalue weighted by Crippen LogP contribution is 2.11. The molecule has 29 heavy (non-hydrogen) atoms. The number of hydrogen-bond acceptors (Lipinski definition) is 4. The summed E-state index contributed by atoms with van der Waals surface area (Å²) in [7, 11) is 1.65. The lowest BCUT2D eigenvalue weighted by molar-refractivity contribution is -0.115. The Kier molecular flexibility index (Phi) is 10.9. The number of anilines is 1. The number of likely N-dealkylation sites (tertiary alicyclic amines) is 1. The zero-order valence-electron chi connectivity index (χ0n) is 16.7. The number of ether oxygens (including phenoxy) is 1. The highest BCUT2D eigenvalue weighted by atomic mass is 127. The molecule has 0 radical (unpaired) electrons. The van der Waals surface area contributed by atoms with Gasteiger partial charge in [0.1, 0.15) is 0 Å². The minimum atomic E-state index is -0.269. The molecule has 1 heterocycles. The minimum absolute atomic E-state index is 0. The number of rotatable bonds is 5. The number of carbonyl (C=O) groups is 2. The lowest BCUT2D eigenvalue weighted by Gasteiger charge is -2.32. The van der Waals surface area contributed by atoms with Crippen LogP contribution in [0.2, 0.25) is 0 Å². The first kappa shape index (κ1) is 24.6. The van der Waals surface area contributed by atoms with Crippen LogP contribution in [0.25, 0.3) is 0 Å². The molecule has 1 aromatic carbocycles. The maximum absolute atomic E-state index is 12.1. The Morgan fingerprint density at radius 3 is 2.69 bits per heavy atom. The first-order valence-corrected chi connectivity index (χ1v) is 9.31. The molecule has 9 heteroatoms. The van der Waals surface area contributed by atoms with E-state index in [9.17, 15) is 9.59 Å². The summed E-state index contributed by atoms with van der Waals surface area (Å²) >= 11 is 0. The number of nitrogens with zero attached hydrogens (tertiary/aromatic N) is 2. The Labute approximate surface area is 188 Å². The van der Waals surface area contributed by atoms with Crippen LogP contribution >= 0.6 is 24.0 Å². The minimum Gasteiger partial charge on any atom is -0.450 e. The van der Waals surface area contributed by atoms with Crippen molar-refractivity contribution < 1.29 is 14.3 Å². The molecule has 0 atom stereocenters. The molecule has 1 fully saturated rings. The van der Waals surface area contributed by atoms with E-state index >= 15 is 0 Å². The van der Waals surface area contributed by atoms with Gasteiger partial charge in [0.15, 0.2) is 5.96 Å². The number of terminal acetylenes is 1. The highest BCUT2D eigenvalue weighted by molar-refractivity contribution is 14.0. The van der Waals surface area contributed by atoms with E-state index in [2.05, 4.69) is 26.9 Å². The third kappa shape index (κ3) is 8.19. The van der Waals surface area contributed by atoms with Crippen LogP contribution in [0.1, 0.15) is 25.3 Å². The number of benzene rings is 1. The van der Waals surface area contributed by atoms with Gasteiger partial charge in [-0.1, -0.05) is 12.0 Å². The normalized spacial score (nSPS) is 14.2. The van der Waals surface area contributed by atoms with E-state index < -0.39 is 0 Å². The van der Waals surface area contributed by atoms with Gasteiger partial charge in [0.2, 0.25) is 5.91 Å². The summed E-state index contributed by atoms with van der Waals surface area (Å²) in [6.07, 6.45) is 6.66. The lowest BCUT2D eigenvalue weighted by Crippen LogP contribution is -2.50. The van der Waals surface area contributed by atoms with E-state index in [0.29, 0.717) is 36.9 Å². The van der Waals surface area contributed by atoms with Crippen molar-refractivity contribution in [3.05, 3.63) is 29.8 Å². The van der Waals surface area contributed by atoms with Gasteiger partial charge in [-0.2, -0.15) is 0 Å². The number of aliphatic imine (C=N–C) groups is 1. The van der Waals surface area contributed by atoms with Crippen LogP contribution in [0.5, 0.6) is 0 Å². The fourth-order valence-corrected chi connectivity index (χ4v) is 2.87. The second-order valence-electron chi connectivity index (χ2n) is 6.30. The average molecular weight is 513 g/mol. The van der Waals surface area contributed by atoms with Crippen LogP contribution in [-0.2, 0) is 9.53 Å². The van der Waals surface area contributed by atoms with Crippen molar-refractivity contribution in [1.82, 2.24) is 15.5 Å². The number of piperidine rings is 1. The van der Waals surface area contributed by atoms with E-state index in [1.54, 1.807) is 43.1 Å². The molecule has 3 N–H and O–H groups in total. The molecule has 0 aliphatic carbocycles. The molecule has 1 saturated heterocycles. The van der Waals surface area contributed by atoms with Gasteiger partial charge < -0.3 is 25.6 Å². The highest BCUT2D eigenvalue weighted by Gasteiger charge is 2.24. The number of guanidine groups is 1. The summed E-state index contributed by atoms with van der Waals surface area (Å²) in [5.74, 6) is 2.88. The van der Waals surface area contributed by atoms with E-state index in [1.165, 1.54) is 0 Å². The molecule has 0 saturated carbocycles. The predicted octanol–water partition coefficient (Wildman–Crippen LogP) is 2.01. The maximum Gasteiger partial charge on any atom is 0.409 e. The van der Waals surface area contributed by atoms with Crippen molar-refractivity contribution >= 4 is 47.6 Å². The van der Waals surface area contributed by atoms with Gasteiger partial charge in [-0.3, -0.25) is 9.79 Å². The van der Waals surface area contributed by atoms with E-state index in [0.717, 1.165) is 12.8 Å². The Morgan fingerprint density at radius 2 is 2.07 bits per heavy atom. The van der Waals surface area contributed by atoms with Crippen molar-refractivity contribution in [2.75, 3.05) is 38.6 Å². The molecule has 1 aromatic rings. The molecular weight excluding hydrogens is 485 g/mol. The maximum atomic E-state index is 12.1. The summed E-state index contributed by atoms with van der Waals surface area (Å²) < 4.78 is 5.02. The van der Waals surface area contributed by atoms with Gasteiger partial charge in [0.25, 0.3) is 0 Å². The molecule has 1 aliphatic rings. The second-order valence-corrected chi connectivity index (χ2v) is 6.30. The number of halogens is 1. The van der Waals surface area contributed by atoms with Gasteiger partial charge in [0.05, 0.1) is 13.2 Å². The molecule has 2 amide bonds. The molecule has 0 bridgehead atoms. The van der Waals surface area contributed by atoms with Crippen molar-refractivity contribution in [3.63, 3.8) is 0 Å². The van der Waals surface area contributed by atoms with Crippen LogP contribution < -0.4 is 16.0 Å². The lowest BCUT2D eigenvalue weighted by atomic mass is 10.1. The average Bonchev–Trinajstić information content (AvgIpc) is 2.71. The largest absolute Gasteiger partial charge is 0.450 e. The Morgan fingerprint density at radius 1 is 1.34 bits per heavy atom. The van der Waals surface area contributed by atoms with Crippen molar-refractivity contribution in [3.8, 4) is 12.3 Å². The van der Waals surface area contributed by atoms with Crippen LogP contribution in [0.3, 0.4) is 0 Å². The molecule has 0 aromatic heterocycles. The quantitative estimate of drug-likeness (QED) is 0.243. The number of nitrogens with one attached hydrogen (secondary N) is 3. The standard InChI is InChI=1S/C20H27N5O3.HI/c1-4-15-7-6-8-17(13-15)23-18(26)14-22-19(21-3)24-16-9-11-25(12-10-16)20(27)28-5-2;/h1,6-8,13,16H,5,9-12,14H2,2-3H3,(H,23,26)(H2,21,22,24);1H. The van der Waals surface area contributed by atoms with E-state index in [1.807, 2.05) is 0 Å². The fraction of sp³-hybridized carbons (Fsp3) is 0.450. The van der Waals surface area contributed by atoms with Crippen molar-refractivity contribution in [2.24, 2.45) is 4.99 Å². The van der Waals surface area contributed by atoms with Crippen LogP contribution in [0.4, 0.5) is 10.5 Å². The summed E-state index contributed by atoms with van der Waals surface area (Å²) in [6, 6.07) is 7.28. The van der Waals surface area contributed by atoms with Crippen LogP contribution in [0, 0.1) is 12.3 Å². The number of carbonyl (C=O) groups excluding carboxylic acids is 2. The number of hydrogen-bond donors (Lipinski definition) is 3. The summed E-state index contributed by atoms with van der Waals surface area (Å²) in [5, 5.41) is 9.08. The third-order valence-electron chi connectivity index (χ3n) is 4.31. The molecule has 8 nitrogen and oxygen atoms in total. The van der Waals surface area contributed by atoms with Crippen molar-refractivity contribution in [2.45, 2.75) is 25.8 Å². The molecule has 1 aliphatic heterocycles.